The number of carbonyl (C=O) groups is 1. The van der Waals surface area contributed by atoms with E-state index < -0.39 is 15.9 Å². The molecule has 0 aliphatic carbocycles. The SMILES string of the molecule is CC(C)(C)c1ccc(N(CC(=O)Nc2ccc(I)cc2)S(C)(=O)=O)cc1. The Morgan fingerprint density at radius 3 is 2.04 bits per heavy atom. The molecule has 0 spiro atoms. The second-order valence-electron chi connectivity index (χ2n) is 7.12. The van der Waals surface area contributed by atoms with Crippen molar-refractivity contribution in [2.24, 2.45) is 0 Å². The summed E-state index contributed by atoms with van der Waals surface area (Å²) in [6, 6.07) is 14.6. The Labute approximate surface area is 169 Å². The summed E-state index contributed by atoms with van der Waals surface area (Å²) in [6.07, 6.45) is 1.10. The van der Waals surface area contributed by atoms with E-state index in [0.717, 1.165) is 19.7 Å². The van der Waals surface area contributed by atoms with E-state index in [9.17, 15) is 13.2 Å². The third kappa shape index (κ3) is 5.70. The van der Waals surface area contributed by atoms with Crippen molar-refractivity contribution < 1.29 is 13.2 Å². The first-order valence-electron chi connectivity index (χ1n) is 8.10. The minimum absolute atomic E-state index is 0.0311. The van der Waals surface area contributed by atoms with Crippen LogP contribution >= 0.6 is 22.6 Å². The number of nitrogens with one attached hydrogen (secondary N) is 1. The third-order valence-corrected chi connectivity index (χ3v) is 5.70. The monoisotopic (exact) mass is 486 g/mol. The van der Waals surface area contributed by atoms with E-state index in [1.807, 2.05) is 24.3 Å². The molecule has 0 saturated carbocycles. The molecule has 7 heteroatoms. The predicted molar refractivity (Wildman–Crippen MR) is 115 cm³/mol. The molecule has 5 nitrogen and oxygen atoms in total. The first-order chi connectivity index (χ1) is 12.0. The van der Waals surface area contributed by atoms with Crippen molar-refractivity contribution >= 4 is 49.9 Å². The average Bonchev–Trinajstić information content (AvgIpc) is 2.53. The van der Waals surface area contributed by atoms with Gasteiger partial charge in [0.05, 0.1) is 11.9 Å². The number of hydrogen-bond acceptors (Lipinski definition) is 3. The summed E-state index contributed by atoms with van der Waals surface area (Å²) < 4.78 is 26.5. The fourth-order valence-electron chi connectivity index (χ4n) is 2.39. The van der Waals surface area contributed by atoms with E-state index in [1.54, 1.807) is 24.3 Å². The highest BCUT2D eigenvalue weighted by Gasteiger charge is 2.22. The molecule has 0 heterocycles. The lowest BCUT2D eigenvalue weighted by atomic mass is 9.87. The minimum Gasteiger partial charge on any atom is -0.325 e. The number of carbonyl (C=O) groups excluding carboxylic acids is 1. The second-order valence-corrected chi connectivity index (χ2v) is 10.3. The van der Waals surface area contributed by atoms with Gasteiger partial charge in [-0.15, -0.1) is 0 Å². The van der Waals surface area contributed by atoms with Gasteiger partial charge in [0.25, 0.3) is 0 Å². The number of anilines is 2. The number of halogens is 1. The molecule has 0 aliphatic rings. The van der Waals surface area contributed by atoms with Crippen molar-refractivity contribution in [3.63, 3.8) is 0 Å². The maximum Gasteiger partial charge on any atom is 0.245 e. The number of benzene rings is 2. The number of nitrogens with zero attached hydrogens (tertiary/aromatic N) is 1. The van der Waals surface area contributed by atoms with Crippen LogP contribution in [0.25, 0.3) is 0 Å². The van der Waals surface area contributed by atoms with Gasteiger partial charge < -0.3 is 5.32 Å². The van der Waals surface area contributed by atoms with Crippen molar-refractivity contribution in [2.45, 2.75) is 26.2 Å². The standard InChI is InChI=1S/C19H23IN2O3S/c1-19(2,3)14-5-11-17(12-6-14)22(26(4,24)25)13-18(23)21-16-9-7-15(20)8-10-16/h5-12H,13H2,1-4H3,(H,21,23). The molecule has 0 unspecified atom stereocenters. The molecule has 1 N–H and O–H groups in total. The van der Waals surface area contributed by atoms with Gasteiger partial charge in [-0.05, 0) is 70.0 Å². The van der Waals surface area contributed by atoms with Gasteiger partial charge in [-0.25, -0.2) is 8.42 Å². The van der Waals surface area contributed by atoms with Gasteiger partial charge >= 0.3 is 0 Å². The number of sulfonamides is 1. The number of amides is 1. The van der Waals surface area contributed by atoms with E-state index in [4.69, 9.17) is 0 Å². The maximum atomic E-state index is 12.3. The highest BCUT2D eigenvalue weighted by atomic mass is 127. The molecule has 0 bridgehead atoms. The van der Waals surface area contributed by atoms with E-state index in [1.165, 1.54) is 0 Å². The molecular weight excluding hydrogens is 463 g/mol. The van der Waals surface area contributed by atoms with Crippen LogP contribution in [0.1, 0.15) is 26.3 Å². The Morgan fingerprint density at radius 2 is 1.58 bits per heavy atom. The van der Waals surface area contributed by atoms with Crippen LogP contribution in [-0.4, -0.2) is 27.1 Å². The van der Waals surface area contributed by atoms with Crippen molar-refractivity contribution in [1.82, 2.24) is 0 Å². The lowest BCUT2D eigenvalue weighted by Gasteiger charge is -2.24. The van der Waals surface area contributed by atoms with Gasteiger partial charge in [0.2, 0.25) is 15.9 Å². The van der Waals surface area contributed by atoms with Crippen LogP contribution in [-0.2, 0) is 20.2 Å². The Hall–Kier alpha value is -1.61. The Balaban J connectivity index is 2.20. The zero-order valence-electron chi connectivity index (χ0n) is 15.3. The summed E-state index contributed by atoms with van der Waals surface area (Å²) in [7, 11) is -3.59. The Morgan fingerprint density at radius 1 is 1.04 bits per heavy atom. The van der Waals surface area contributed by atoms with Crippen LogP contribution in [0.2, 0.25) is 0 Å². The summed E-state index contributed by atoms with van der Waals surface area (Å²) >= 11 is 2.18. The highest BCUT2D eigenvalue weighted by molar-refractivity contribution is 14.1. The topological polar surface area (TPSA) is 66.5 Å². The van der Waals surface area contributed by atoms with Crippen LogP contribution < -0.4 is 9.62 Å². The zero-order valence-corrected chi connectivity index (χ0v) is 18.3. The Kier molecular flexibility index (Phi) is 6.33. The van der Waals surface area contributed by atoms with E-state index in [2.05, 4.69) is 48.7 Å². The molecule has 0 atom stereocenters. The van der Waals surface area contributed by atoms with E-state index in [-0.39, 0.29) is 12.0 Å². The van der Waals surface area contributed by atoms with Crippen LogP contribution in [0, 0.1) is 3.57 Å². The molecule has 140 valence electrons. The van der Waals surface area contributed by atoms with Gasteiger partial charge in [-0.1, -0.05) is 32.9 Å². The molecule has 2 aromatic carbocycles. The molecular formula is C19H23IN2O3S. The summed E-state index contributed by atoms with van der Waals surface area (Å²) in [6.45, 7) is 5.99. The molecule has 26 heavy (non-hydrogen) atoms. The predicted octanol–water partition coefficient (Wildman–Crippen LogP) is 3.99. The smallest absolute Gasteiger partial charge is 0.245 e. The van der Waals surface area contributed by atoms with Gasteiger partial charge in [0.15, 0.2) is 0 Å². The number of hydrogen-bond donors (Lipinski definition) is 1. The minimum atomic E-state index is -3.59. The largest absolute Gasteiger partial charge is 0.325 e. The highest BCUT2D eigenvalue weighted by Crippen LogP contribution is 2.26. The van der Waals surface area contributed by atoms with Crippen LogP contribution in [0.4, 0.5) is 11.4 Å². The third-order valence-electron chi connectivity index (χ3n) is 3.84. The molecule has 0 saturated heterocycles. The summed E-state index contributed by atoms with van der Waals surface area (Å²) in [5, 5.41) is 2.73. The first kappa shape index (κ1) is 20.7. The normalized spacial score (nSPS) is 11.9. The molecule has 0 fully saturated rings. The van der Waals surface area contributed by atoms with Crippen molar-refractivity contribution in [3.8, 4) is 0 Å². The first-order valence-corrected chi connectivity index (χ1v) is 11.0. The van der Waals surface area contributed by atoms with Crippen LogP contribution in [0.15, 0.2) is 48.5 Å². The summed E-state index contributed by atoms with van der Waals surface area (Å²) in [5.74, 6) is -0.392. The van der Waals surface area contributed by atoms with Gasteiger partial charge in [-0.3, -0.25) is 9.10 Å². The maximum absolute atomic E-state index is 12.3. The van der Waals surface area contributed by atoms with Gasteiger partial charge in [0, 0.05) is 9.26 Å². The zero-order chi connectivity index (χ0) is 19.5. The lowest BCUT2D eigenvalue weighted by Crippen LogP contribution is -2.37. The number of rotatable bonds is 5. The van der Waals surface area contributed by atoms with E-state index >= 15 is 0 Å². The van der Waals surface area contributed by atoms with Crippen LogP contribution in [0.5, 0.6) is 0 Å². The van der Waals surface area contributed by atoms with Crippen LogP contribution in [0.3, 0.4) is 0 Å². The molecule has 0 aliphatic heterocycles. The molecule has 1 amide bonds. The summed E-state index contributed by atoms with van der Waals surface area (Å²) in [4.78, 5) is 12.3. The molecule has 2 aromatic rings. The fourth-order valence-corrected chi connectivity index (χ4v) is 3.61. The average molecular weight is 486 g/mol. The van der Waals surface area contributed by atoms with Crippen molar-refractivity contribution in [3.05, 3.63) is 57.7 Å². The quantitative estimate of drug-likeness (QED) is 0.651. The summed E-state index contributed by atoms with van der Waals surface area (Å²) in [5.41, 5.74) is 2.17. The lowest BCUT2D eigenvalue weighted by molar-refractivity contribution is -0.114. The molecule has 2 rings (SSSR count). The van der Waals surface area contributed by atoms with Crippen molar-refractivity contribution in [1.29, 1.82) is 0 Å². The van der Waals surface area contributed by atoms with Gasteiger partial charge in [0.1, 0.15) is 6.54 Å². The molecule has 0 radical (unpaired) electrons. The second kappa shape index (κ2) is 7.96. The fraction of sp³-hybridized carbons (Fsp3) is 0.316. The molecule has 0 aromatic heterocycles. The van der Waals surface area contributed by atoms with E-state index in [0.29, 0.717) is 11.4 Å². The van der Waals surface area contributed by atoms with Gasteiger partial charge in [-0.2, -0.15) is 0 Å². The Bertz CT molecular complexity index is 870. The van der Waals surface area contributed by atoms with Crippen molar-refractivity contribution in [2.75, 3.05) is 22.4 Å².